The predicted octanol–water partition coefficient (Wildman–Crippen LogP) is 5.81. The first-order valence-corrected chi connectivity index (χ1v) is 11.3. The lowest BCUT2D eigenvalue weighted by molar-refractivity contribution is -0.384. The second kappa shape index (κ2) is 8.30. The number of anilines is 1. The van der Waals surface area contributed by atoms with Crippen LogP contribution in [0, 0.1) is 40.7 Å². The van der Waals surface area contributed by atoms with Crippen molar-refractivity contribution in [3.05, 3.63) is 90.9 Å². The number of ketones is 1. The zero-order chi connectivity index (χ0) is 24.9. The van der Waals surface area contributed by atoms with Crippen LogP contribution in [0.15, 0.2) is 59.1 Å². The Morgan fingerprint density at radius 2 is 1.91 bits per heavy atom. The monoisotopic (exact) mass is 476 g/mol. The van der Waals surface area contributed by atoms with Crippen LogP contribution in [-0.2, 0) is 4.79 Å². The summed E-state index contributed by atoms with van der Waals surface area (Å²) in [6.07, 6.45) is 0.816. The molecule has 0 saturated carbocycles. The molecule has 0 aromatic heterocycles. The van der Waals surface area contributed by atoms with Crippen LogP contribution in [0.3, 0.4) is 0 Å². The highest BCUT2D eigenvalue weighted by atomic mass is 35.5. The van der Waals surface area contributed by atoms with Crippen LogP contribution in [0.4, 0.5) is 11.4 Å². The summed E-state index contributed by atoms with van der Waals surface area (Å²) in [7, 11) is 0. The number of aryl methyl sites for hydroxylation is 2. The van der Waals surface area contributed by atoms with Gasteiger partial charge in [-0.3, -0.25) is 19.8 Å². The Balaban J connectivity index is 2.07. The van der Waals surface area contributed by atoms with Crippen LogP contribution < -0.4 is 10.6 Å². The van der Waals surface area contributed by atoms with Gasteiger partial charge in [-0.2, -0.15) is 5.26 Å². The van der Waals surface area contributed by atoms with Gasteiger partial charge in [-0.05, 0) is 42.9 Å². The van der Waals surface area contributed by atoms with E-state index in [4.69, 9.17) is 17.3 Å². The fourth-order valence-electron chi connectivity index (χ4n) is 4.95. The standard InChI is InChI=1S/C26H25ClN4O3/c1-14-5-6-15(2)17(9-14)23-18(13-28)25(29)30(20-10-16(31(33)34)7-8-19(20)27)21-11-26(3,4)12-22(32)24(21)23/h5-10,23H,11-12,29H2,1-4H3. The molecule has 1 aliphatic carbocycles. The average Bonchev–Trinajstić information content (AvgIpc) is 2.74. The molecule has 0 saturated heterocycles. The van der Waals surface area contributed by atoms with Crippen LogP contribution in [0.1, 0.15) is 49.3 Å². The lowest BCUT2D eigenvalue weighted by Gasteiger charge is -2.44. The molecular formula is C26H25ClN4O3. The fourth-order valence-corrected chi connectivity index (χ4v) is 5.15. The molecule has 174 valence electrons. The topological polar surface area (TPSA) is 113 Å². The normalized spacial score (nSPS) is 19.7. The molecule has 8 heteroatoms. The molecule has 1 atom stereocenters. The van der Waals surface area contributed by atoms with Gasteiger partial charge in [-0.25, -0.2) is 0 Å². The van der Waals surface area contributed by atoms with E-state index >= 15 is 0 Å². The Hall–Kier alpha value is -3.63. The maximum atomic E-state index is 13.6. The van der Waals surface area contributed by atoms with E-state index in [0.717, 1.165) is 16.7 Å². The van der Waals surface area contributed by atoms with Crippen molar-refractivity contribution in [2.24, 2.45) is 11.1 Å². The van der Waals surface area contributed by atoms with Gasteiger partial charge in [0.1, 0.15) is 5.82 Å². The molecule has 2 aromatic carbocycles. The van der Waals surface area contributed by atoms with Crippen molar-refractivity contribution in [3.8, 4) is 6.07 Å². The Labute approximate surface area is 203 Å². The summed E-state index contributed by atoms with van der Waals surface area (Å²) in [4.78, 5) is 26.2. The quantitative estimate of drug-likeness (QED) is 0.442. The molecule has 7 nitrogen and oxygen atoms in total. The van der Waals surface area contributed by atoms with Gasteiger partial charge in [0.15, 0.2) is 5.78 Å². The number of hydrogen-bond acceptors (Lipinski definition) is 6. The van der Waals surface area contributed by atoms with Crippen LogP contribution in [0.25, 0.3) is 0 Å². The Morgan fingerprint density at radius 1 is 1.21 bits per heavy atom. The van der Waals surface area contributed by atoms with E-state index in [1.54, 1.807) is 4.90 Å². The smallest absolute Gasteiger partial charge is 0.271 e. The molecule has 2 N–H and O–H groups in total. The number of nitro benzene ring substituents is 1. The van der Waals surface area contributed by atoms with E-state index in [-0.39, 0.29) is 39.0 Å². The summed E-state index contributed by atoms with van der Waals surface area (Å²) >= 11 is 6.50. The largest absolute Gasteiger partial charge is 0.384 e. The third-order valence-electron chi connectivity index (χ3n) is 6.51. The first kappa shape index (κ1) is 23.5. The maximum absolute atomic E-state index is 13.6. The molecule has 1 unspecified atom stereocenters. The van der Waals surface area contributed by atoms with Crippen LogP contribution in [-0.4, -0.2) is 10.7 Å². The molecule has 1 heterocycles. The molecule has 0 fully saturated rings. The van der Waals surface area contributed by atoms with E-state index in [1.807, 2.05) is 45.9 Å². The highest BCUT2D eigenvalue weighted by Crippen LogP contribution is 2.51. The summed E-state index contributed by atoms with van der Waals surface area (Å²) in [5, 5.41) is 21.9. The number of Topliss-reactive ketones (excluding diaryl/α,β-unsaturated/α-hetero) is 1. The summed E-state index contributed by atoms with van der Waals surface area (Å²) < 4.78 is 0. The van der Waals surface area contributed by atoms with E-state index in [1.165, 1.54) is 18.2 Å². The zero-order valence-corrected chi connectivity index (χ0v) is 20.2. The summed E-state index contributed by atoms with van der Waals surface area (Å²) in [6, 6.07) is 12.2. The van der Waals surface area contributed by atoms with Gasteiger partial charge in [0.05, 0.1) is 33.2 Å². The van der Waals surface area contributed by atoms with Gasteiger partial charge in [0, 0.05) is 29.8 Å². The summed E-state index contributed by atoms with van der Waals surface area (Å²) in [5.74, 6) is -0.554. The number of nitrogens with zero attached hydrogens (tertiary/aromatic N) is 3. The second-order valence-corrected chi connectivity index (χ2v) is 10.1. The van der Waals surface area contributed by atoms with Gasteiger partial charge in [-0.15, -0.1) is 0 Å². The van der Waals surface area contributed by atoms with Crippen molar-refractivity contribution in [2.45, 2.75) is 46.5 Å². The number of benzene rings is 2. The minimum Gasteiger partial charge on any atom is -0.384 e. The molecule has 2 aliphatic rings. The highest BCUT2D eigenvalue weighted by Gasteiger charge is 2.45. The molecule has 2 aromatic rings. The van der Waals surface area contributed by atoms with Crippen LogP contribution in [0.2, 0.25) is 5.02 Å². The van der Waals surface area contributed by atoms with Crippen molar-refractivity contribution in [2.75, 3.05) is 4.90 Å². The second-order valence-electron chi connectivity index (χ2n) is 9.73. The van der Waals surface area contributed by atoms with Crippen molar-refractivity contribution in [1.82, 2.24) is 0 Å². The minimum atomic E-state index is -0.614. The van der Waals surface area contributed by atoms with E-state index in [2.05, 4.69) is 6.07 Å². The van der Waals surface area contributed by atoms with Crippen molar-refractivity contribution < 1.29 is 9.72 Å². The highest BCUT2D eigenvalue weighted by molar-refractivity contribution is 6.33. The Kier molecular flexibility index (Phi) is 5.74. The molecule has 0 bridgehead atoms. The number of carbonyl (C=O) groups is 1. The van der Waals surface area contributed by atoms with E-state index in [0.29, 0.717) is 24.1 Å². The first-order valence-electron chi connectivity index (χ1n) is 10.9. The summed E-state index contributed by atoms with van der Waals surface area (Å²) in [6.45, 7) is 7.89. The van der Waals surface area contributed by atoms with Gasteiger partial charge in [-0.1, -0.05) is 49.2 Å². The van der Waals surface area contributed by atoms with E-state index < -0.39 is 10.8 Å². The number of nitro groups is 1. The summed E-state index contributed by atoms with van der Waals surface area (Å²) in [5.41, 5.74) is 10.5. The Morgan fingerprint density at radius 3 is 2.56 bits per heavy atom. The predicted molar refractivity (Wildman–Crippen MR) is 131 cm³/mol. The van der Waals surface area contributed by atoms with Crippen molar-refractivity contribution in [1.29, 1.82) is 5.26 Å². The molecule has 1 aliphatic heterocycles. The zero-order valence-electron chi connectivity index (χ0n) is 19.5. The number of halogens is 1. The molecule has 0 amide bonds. The lowest BCUT2D eigenvalue weighted by atomic mass is 9.68. The van der Waals surface area contributed by atoms with Crippen molar-refractivity contribution in [3.63, 3.8) is 0 Å². The minimum absolute atomic E-state index is 0.0658. The number of carbonyl (C=O) groups excluding carboxylic acids is 1. The van der Waals surface area contributed by atoms with Crippen LogP contribution >= 0.6 is 11.6 Å². The third kappa shape index (κ3) is 3.84. The molecule has 34 heavy (non-hydrogen) atoms. The number of rotatable bonds is 3. The number of allylic oxidation sites excluding steroid dienone is 3. The van der Waals surface area contributed by atoms with Gasteiger partial charge >= 0.3 is 0 Å². The molecule has 0 radical (unpaired) electrons. The van der Waals surface area contributed by atoms with E-state index in [9.17, 15) is 20.2 Å². The average molecular weight is 477 g/mol. The lowest BCUT2D eigenvalue weighted by Crippen LogP contribution is -2.42. The van der Waals surface area contributed by atoms with Crippen molar-refractivity contribution >= 4 is 28.8 Å². The Bertz CT molecular complexity index is 1350. The number of nitriles is 1. The maximum Gasteiger partial charge on any atom is 0.271 e. The van der Waals surface area contributed by atoms with Gasteiger partial charge in [0.25, 0.3) is 5.69 Å². The molecule has 0 spiro atoms. The molecular weight excluding hydrogens is 452 g/mol. The first-order chi connectivity index (χ1) is 15.9. The third-order valence-corrected chi connectivity index (χ3v) is 6.83. The SMILES string of the molecule is Cc1ccc(C)c(C2C(C#N)=C(N)N(c3cc([N+](=O)[O-])ccc3Cl)C3=C2C(=O)CC(C)(C)C3)c1. The number of non-ortho nitro benzene ring substituents is 1. The fraction of sp³-hybridized carbons (Fsp3) is 0.308. The van der Waals surface area contributed by atoms with Gasteiger partial charge in [0.2, 0.25) is 0 Å². The van der Waals surface area contributed by atoms with Gasteiger partial charge < -0.3 is 5.73 Å². The molecule has 4 rings (SSSR count). The van der Waals surface area contributed by atoms with Crippen LogP contribution in [0.5, 0.6) is 0 Å². The number of hydrogen-bond donors (Lipinski definition) is 1. The number of nitrogens with two attached hydrogens (primary N) is 1.